The van der Waals surface area contributed by atoms with Crippen LogP contribution in [0.15, 0.2) is 78.9 Å². The summed E-state index contributed by atoms with van der Waals surface area (Å²) in [6, 6.07) is 27.7. The molecule has 0 atom stereocenters. The average Bonchev–Trinajstić information content (AvgIpc) is 3.17. The van der Waals surface area contributed by atoms with Crippen molar-refractivity contribution in [3.05, 3.63) is 136 Å². The number of fused-ring (bicyclic) bond motifs is 2. The molecule has 0 nitrogen and oxygen atoms in total. The van der Waals surface area contributed by atoms with Crippen molar-refractivity contribution in [1.29, 1.82) is 0 Å². The number of hydrogen-bond donors (Lipinski definition) is 0. The molecular formula is C28H41Hf-9. The Balaban J connectivity index is -0.0000000916. The Bertz CT molecular complexity index is 803. The fourth-order valence-corrected chi connectivity index (χ4v) is 2.74. The van der Waals surface area contributed by atoms with E-state index >= 15 is 0 Å². The summed E-state index contributed by atoms with van der Waals surface area (Å²) < 4.78 is 0. The van der Waals surface area contributed by atoms with Crippen LogP contribution in [0, 0.1) is 52.0 Å². The minimum atomic E-state index is 0. The van der Waals surface area contributed by atoms with E-state index in [4.69, 9.17) is 0 Å². The molecule has 0 aliphatic rings. The summed E-state index contributed by atoms with van der Waals surface area (Å²) in [7, 11) is 0. The van der Waals surface area contributed by atoms with Crippen molar-refractivity contribution in [2.75, 3.05) is 0 Å². The van der Waals surface area contributed by atoms with E-state index in [1.165, 1.54) is 27.1 Å². The van der Waals surface area contributed by atoms with E-state index in [1.807, 2.05) is 30.3 Å². The fourth-order valence-electron chi connectivity index (χ4n) is 2.74. The standard InChI is InChI=1S/C16H15.C5H5.7CH3.Hf/c1-11(2)15-8-7-14-9-12-5-3-4-6-13(12)10-16(14)15;1-2-4-5-3-1;;;;;;;;/h3-11H,1-2H3;1-5H;7*1H3;/q9*-1;. The molecule has 0 N–H and O–H groups in total. The second-order valence-corrected chi connectivity index (χ2v) is 5.69. The van der Waals surface area contributed by atoms with Gasteiger partial charge in [0.25, 0.3) is 0 Å². The summed E-state index contributed by atoms with van der Waals surface area (Å²) in [6.45, 7) is 4.51. The van der Waals surface area contributed by atoms with Crippen LogP contribution < -0.4 is 0 Å². The molecule has 4 aromatic rings. The van der Waals surface area contributed by atoms with Gasteiger partial charge in [0.1, 0.15) is 0 Å². The first-order valence-corrected chi connectivity index (χ1v) is 7.50. The molecule has 0 aromatic heterocycles. The maximum absolute atomic E-state index is 2.32. The molecule has 0 radical (unpaired) electrons. The zero-order chi connectivity index (χ0) is 14.7. The topological polar surface area (TPSA) is 0 Å². The van der Waals surface area contributed by atoms with Gasteiger partial charge in [0, 0.05) is 25.8 Å². The van der Waals surface area contributed by atoms with Crippen LogP contribution in [0.1, 0.15) is 25.3 Å². The predicted octanol–water partition coefficient (Wildman–Crippen LogP) is 9.39. The van der Waals surface area contributed by atoms with Crippen molar-refractivity contribution < 1.29 is 25.8 Å². The van der Waals surface area contributed by atoms with Crippen LogP contribution in [0.2, 0.25) is 0 Å². The van der Waals surface area contributed by atoms with Crippen LogP contribution in [0.25, 0.3) is 21.5 Å². The van der Waals surface area contributed by atoms with E-state index < -0.39 is 0 Å². The van der Waals surface area contributed by atoms with E-state index in [0.717, 1.165) is 0 Å². The van der Waals surface area contributed by atoms with Crippen molar-refractivity contribution in [2.24, 2.45) is 0 Å². The van der Waals surface area contributed by atoms with Gasteiger partial charge in [-0.05, 0) is 5.39 Å². The molecule has 0 spiro atoms. The Kier molecular flexibility index (Phi) is 28.6. The van der Waals surface area contributed by atoms with E-state index in [2.05, 4.69) is 62.4 Å². The van der Waals surface area contributed by atoms with Gasteiger partial charge in [0.15, 0.2) is 0 Å². The third-order valence-corrected chi connectivity index (χ3v) is 3.85. The van der Waals surface area contributed by atoms with E-state index in [-0.39, 0.29) is 77.8 Å². The molecule has 0 saturated heterocycles. The van der Waals surface area contributed by atoms with Gasteiger partial charge in [0.2, 0.25) is 0 Å². The maximum atomic E-state index is 2.32. The second-order valence-electron chi connectivity index (χ2n) is 5.69. The largest absolute Gasteiger partial charge is 0.358 e. The van der Waals surface area contributed by atoms with Gasteiger partial charge in [-0.3, -0.25) is 0 Å². The van der Waals surface area contributed by atoms with Gasteiger partial charge < -0.3 is 52.0 Å². The molecule has 0 aliphatic heterocycles. The Hall–Kier alpha value is -1.47. The van der Waals surface area contributed by atoms with Gasteiger partial charge in [-0.1, -0.05) is 55.5 Å². The monoisotopic (exact) mass is 557 g/mol. The Morgan fingerprint density at radius 1 is 0.655 bits per heavy atom. The molecule has 4 aromatic carbocycles. The molecule has 0 amide bonds. The van der Waals surface area contributed by atoms with E-state index in [0.29, 0.717) is 5.92 Å². The van der Waals surface area contributed by atoms with Gasteiger partial charge in [-0.15, -0.1) is 28.5 Å². The third-order valence-electron chi connectivity index (χ3n) is 3.85. The van der Waals surface area contributed by atoms with Crippen LogP contribution >= 0.6 is 0 Å². The van der Waals surface area contributed by atoms with Crippen molar-refractivity contribution in [2.45, 2.75) is 19.8 Å². The zero-order valence-electron chi connectivity index (χ0n) is 20.1. The van der Waals surface area contributed by atoms with Crippen LogP contribution in [0.4, 0.5) is 0 Å². The Morgan fingerprint density at radius 3 is 1.55 bits per heavy atom. The van der Waals surface area contributed by atoms with Crippen LogP contribution in [-0.4, -0.2) is 0 Å². The molecule has 166 valence electrons. The predicted molar refractivity (Wildman–Crippen MR) is 138 cm³/mol. The Morgan fingerprint density at radius 2 is 1.14 bits per heavy atom. The average molecular weight is 556 g/mol. The summed E-state index contributed by atoms with van der Waals surface area (Å²) in [5.41, 5.74) is 1.46. The third kappa shape index (κ3) is 10.2. The van der Waals surface area contributed by atoms with Gasteiger partial charge in [-0.2, -0.15) is 24.3 Å². The SMILES string of the molecule is CC(C)[c-]1ccc2cc3ccccc3cc21.[CH3-].[CH3-].[CH3-].[CH3-].[CH3-].[CH3-].[CH3-].[Hf].c1cc[cH-]c1. The molecule has 4 rings (SSSR count). The number of hydrogen-bond acceptors (Lipinski definition) is 0. The molecule has 0 fully saturated rings. The summed E-state index contributed by atoms with van der Waals surface area (Å²) in [5.74, 6) is 0.596. The quantitative estimate of drug-likeness (QED) is 0.162. The molecule has 0 saturated carbocycles. The van der Waals surface area contributed by atoms with Crippen LogP contribution in [0.3, 0.4) is 0 Å². The van der Waals surface area contributed by atoms with Crippen LogP contribution in [0.5, 0.6) is 0 Å². The minimum Gasteiger partial charge on any atom is -0.358 e. The van der Waals surface area contributed by atoms with Crippen molar-refractivity contribution >= 4 is 21.5 Å². The van der Waals surface area contributed by atoms with Gasteiger partial charge in [0.05, 0.1) is 0 Å². The Labute approximate surface area is 202 Å². The van der Waals surface area contributed by atoms with Crippen molar-refractivity contribution in [3.8, 4) is 0 Å². The summed E-state index contributed by atoms with van der Waals surface area (Å²) in [5, 5.41) is 5.44. The van der Waals surface area contributed by atoms with Crippen LogP contribution in [-0.2, 0) is 25.8 Å². The maximum Gasteiger partial charge on any atom is 0 e. The first kappa shape index (κ1) is 41.8. The molecule has 0 aliphatic carbocycles. The number of rotatable bonds is 1. The number of benzene rings is 2. The summed E-state index contributed by atoms with van der Waals surface area (Å²) >= 11 is 0. The van der Waals surface area contributed by atoms with Crippen molar-refractivity contribution in [3.63, 3.8) is 0 Å². The molecule has 1 heteroatoms. The molecule has 29 heavy (non-hydrogen) atoms. The van der Waals surface area contributed by atoms with E-state index in [9.17, 15) is 0 Å². The smallest absolute Gasteiger partial charge is 0 e. The normalized spacial score (nSPS) is 7.83. The van der Waals surface area contributed by atoms with E-state index in [1.54, 1.807) is 0 Å². The fraction of sp³-hybridized carbons (Fsp3) is 0.107. The van der Waals surface area contributed by atoms with Crippen molar-refractivity contribution in [1.82, 2.24) is 0 Å². The second kappa shape index (κ2) is 19.8. The zero-order valence-corrected chi connectivity index (χ0v) is 23.7. The molecule has 0 heterocycles. The molecular weight excluding hydrogens is 515 g/mol. The first-order valence-electron chi connectivity index (χ1n) is 7.50. The summed E-state index contributed by atoms with van der Waals surface area (Å²) in [6.07, 6.45) is 0. The molecule has 0 unspecified atom stereocenters. The molecule has 0 bridgehead atoms. The van der Waals surface area contributed by atoms with Gasteiger partial charge >= 0.3 is 0 Å². The minimum absolute atomic E-state index is 0. The van der Waals surface area contributed by atoms with Gasteiger partial charge in [-0.25, -0.2) is 12.1 Å². The first-order chi connectivity index (χ1) is 10.3. The summed E-state index contributed by atoms with van der Waals surface area (Å²) in [4.78, 5) is 0.